The number of carbonyl (C=O) groups is 1. The molecule has 1 saturated heterocycles. The van der Waals surface area contributed by atoms with Crippen LogP contribution in [0.3, 0.4) is 0 Å². The molecule has 2 heterocycles. The van der Waals surface area contributed by atoms with Gasteiger partial charge >= 0.3 is 0 Å². The van der Waals surface area contributed by atoms with Gasteiger partial charge in [0.15, 0.2) is 0 Å². The number of carbonyl (C=O) groups excluding carboxylic acids is 1. The highest BCUT2D eigenvalue weighted by atomic mass is 16.5. The molecule has 134 valence electrons. The molecule has 0 spiro atoms. The zero-order valence-electron chi connectivity index (χ0n) is 14.6. The van der Waals surface area contributed by atoms with Crippen LogP contribution in [0.15, 0.2) is 48.7 Å². The molecule has 2 aromatic rings. The number of nitrogens with zero attached hydrogens (tertiary/aromatic N) is 4. The van der Waals surface area contributed by atoms with E-state index in [1.54, 1.807) is 0 Å². The maximum atomic E-state index is 12.7. The molecule has 2 fully saturated rings. The van der Waals surface area contributed by atoms with E-state index in [-0.39, 0.29) is 12.0 Å². The number of fused-ring (bicyclic) bond motifs is 2. The Kier molecular flexibility index (Phi) is 3.76. The summed E-state index contributed by atoms with van der Waals surface area (Å²) in [5.74, 6) is 2.46. The van der Waals surface area contributed by atoms with Crippen LogP contribution in [0.1, 0.15) is 24.6 Å². The smallest absolute Gasteiger partial charge is 0.226 e. The van der Waals surface area contributed by atoms with Gasteiger partial charge in [0.1, 0.15) is 18.1 Å². The highest BCUT2D eigenvalue weighted by molar-refractivity contribution is 5.81. The third kappa shape index (κ3) is 2.79. The molecule has 6 nitrogen and oxygen atoms in total. The predicted octanol–water partition coefficient (Wildman–Crippen LogP) is 2.45. The molecule has 6 heteroatoms. The molecule has 1 saturated carbocycles. The van der Waals surface area contributed by atoms with Crippen molar-refractivity contribution < 1.29 is 9.53 Å². The number of hydrogen-bond donors (Lipinski definition) is 0. The number of likely N-dealkylation sites (tertiary alicyclic amines) is 1. The van der Waals surface area contributed by atoms with Crippen LogP contribution in [0.4, 0.5) is 0 Å². The molecule has 1 aliphatic heterocycles. The number of para-hydroxylation sites is 1. The van der Waals surface area contributed by atoms with Gasteiger partial charge in [0.25, 0.3) is 0 Å². The normalized spacial score (nSPS) is 26.9. The first-order valence-electron chi connectivity index (χ1n) is 9.32. The minimum Gasteiger partial charge on any atom is -0.487 e. The van der Waals surface area contributed by atoms with Crippen molar-refractivity contribution in [3.63, 3.8) is 0 Å². The van der Waals surface area contributed by atoms with E-state index in [9.17, 15) is 4.79 Å². The fourth-order valence-electron chi connectivity index (χ4n) is 4.33. The van der Waals surface area contributed by atoms with E-state index in [2.05, 4.69) is 22.5 Å². The van der Waals surface area contributed by atoms with Crippen LogP contribution in [0, 0.1) is 17.8 Å². The number of allylic oxidation sites excluding steroid dienone is 2. The molecule has 3 unspecified atom stereocenters. The Morgan fingerprint density at radius 3 is 2.73 bits per heavy atom. The minimum atomic E-state index is 0.205. The lowest BCUT2D eigenvalue weighted by atomic mass is 9.91. The van der Waals surface area contributed by atoms with E-state index in [0.29, 0.717) is 24.3 Å². The summed E-state index contributed by atoms with van der Waals surface area (Å²) in [4.78, 5) is 14.7. The summed E-state index contributed by atoms with van der Waals surface area (Å²) in [6.07, 6.45) is 8.65. The largest absolute Gasteiger partial charge is 0.487 e. The van der Waals surface area contributed by atoms with E-state index in [1.165, 1.54) is 6.42 Å². The molecule has 3 atom stereocenters. The van der Waals surface area contributed by atoms with Gasteiger partial charge in [-0.15, -0.1) is 5.10 Å². The summed E-state index contributed by atoms with van der Waals surface area (Å²) in [5, 5.41) is 8.41. The average Bonchev–Trinajstić information content (AvgIpc) is 3.36. The quantitative estimate of drug-likeness (QED) is 0.777. The molecule has 2 bridgehead atoms. The number of ether oxygens (including phenoxy) is 1. The van der Waals surface area contributed by atoms with Crippen molar-refractivity contribution in [1.29, 1.82) is 0 Å². The summed E-state index contributed by atoms with van der Waals surface area (Å²) < 4.78 is 7.57. The summed E-state index contributed by atoms with van der Waals surface area (Å²) >= 11 is 0. The van der Waals surface area contributed by atoms with Gasteiger partial charge < -0.3 is 9.64 Å². The lowest BCUT2D eigenvalue weighted by Crippen LogP contribution is -2.53. The molecule has 0 N–H and O–H groups in total. The molecule has 5 rings (SSSR count). The Morgan fingerprint density at radius 1 is 1.15 bits per heavy atom. The second kappa shape index (κ2) is 6.27. The topological polar surface area (TPSA) is 60.2 Å². The summed E-state index contributed by atoms with van der Waals surface area (Å²) in [6.45, 7) is 1.87. The van der Waals surface area contributed by atoms with Crippen molar-refractivity contribution in [2.45, 2.75) is 25.5 Å². The van der Waals surface area contributed by atoms with Crippen LogP contribution in [-0.2, 0) is 11.4 Å². The van der Waals surface area contributed by atoms with Crippen molar-refractivity contribution in [2.75, 3.05) is 13.1 Å². The fourth-order valence-corrected chi connectivity index (χ4v) is 4.33. The van der Waals surface area contributed by atoms with Crippen molar-refractivity contribution in [3.8, 4) is 5.75 Å². The molecule has 2 aliphatic carbocycles. The molecule has 26 heavy (non-hydrogen) atoms. The lowest BCUT2D eigenvalue weighted by molar-refractivity contribution is -0.142. The van der Waals surface area contributed by atoms with Crippen LogP contribution in [0.5, 0.6) is 5.75 Å². The fraction of sp³-hybridized carbons (Fsp3) is 0.450. The first kappa shape index (κ1) is 15.6. The Balaban J connectivity index is 1.14. The summed E-state index contributed by atoms with van der Waals surface area (Å²) in [5.41, 5.74) is 0.803. The standard InChI is InChI=1S/C20H22N4O2/c25-20(19-9-14-6-7-15(19)8-14)23-11-17(12-23)24-10-16(21-22-24)13-26-18-4-2-1-3-5-18/h1-7,10,14-15,17,19H,8-9,11-13H2. The zero-order chi connectivity index (χ0) is 17.5. The highest BCUT2D eigenvalue weighted by Crippen LogP contribution is 2.44. The molecule has 1 amide bonds. The number of rotatable bonds is 5. The van der Waals surface area contributed by atoms with E-state index in [1.807, 2.05) is 46.1 Å². The predicted molar refractivity (Wildman–Crippen MR) is 95.3 cm³/mol. The second-order valence-corrected chi connectivity index (χ2v) is 7.58. The van der Waals surface area contributed by atoms with Gasteiger partial charge in [0.05, 0.1) is 12.2 Å². The monoisotopic (exact) mass is 350 g/mol. The van der Waals surface area contributed by atoms with Crippen molar-refractivity contribution in [2.24, 2.45) is 17.8 Å². The molecule has 1 aromatic carbocycles. The highest BCUT2D eigenvalue weighted by Gasteiger charge is 2.44. The first-order chi connectivity index (χ1) is 12.8. The van der Waals surface area contributed by atoms with E-state index in [4.69, 9.17) is 4.74 Å². The maximum absolute atomic E-state index is 12.7. The van der Waals surface area contributed by atoms with E-state index < -0.39 is 0 Å². The van der Waals surface area contributed by atoms with Crippen molar-refractivity contribution in [3.05, 3.63) is 54.4 Å². The number of hydrogen-bond acceptors (Lipinski definition) is 4. The van der Waals surface area contributed by atoms with E-state index in [0.717, 1.165) is 31.0 Å². The third-order valence-corrected chi connectivity index (χ3v) is 5.83. The number of benzene rings is 1. The van der Waals surface area contributed by atoms with Gasteiger partial charge in [0, 0.05) is 19.0 Å². The van der Waals surface area contributed by atoms with E-state index >= 15 is 0 Å². The lowest BCUT2D eigenvalue weighted by Gasteiger charge is -2.41. The Bertz CT molecular complexity index is 825. The van der Waals surface area contributed by atoms with Gasteiger partial charge in [-0.05, 0) is 36.8 Å². The van der Waals surface area contributed by atoms with Crippen molar-refractivity contribution in [1.82, 2.24) is 19.9 Å². The third-order valence-electron chi connectivity index (χ3n) is 5.83. The van der Waals surface area contributed by atoms with Gasteiger partial charge in [-0.1, -0.05) is 35.6 Å². The number of amides is 1. The van der Waals surface area contributed by atoms with Crippen LogP contribution in [0.25, 0.3) is 0 Å². The Morgan fingerprint density at radius 2 is 2.00 bits per heavy atom. The van der Waals surface area contributed by atoms with Crippen LogP contribution in [-0.4, -0.2) is 38.9 Å². The SMILES string of the molecule is O=C(C1CC2C=CC1C2)N1CC(n2cc(COc3ccccc3)nn2)C1. The van der Waals surface area contributed by atoms with Crippen LogP contribution < -0.4 is 4.74 Å². The van der Waals surface area contributed by atoms with Gasteiger partial charge in [-0.25, -0.2) is 4.68 Å². The zero-order valence-corrected chi connectivity index (χ0v) is 14.6. The Hall–Kier alpha value is -2.63. The molecular formula is C20H22N4O2. The molecule has 3 aliphatic rings. The Labute approximate surface area is 152 Å². The average molecular weight is 350 g/mol. The van der Waals surface area contributed by atoms with Crippen LogP contribution >= 0.6 is 0 Å². The van der Waals surface area contributed by atoms with Gasteiger partial charge in [0.2, 0.25) is 5.91 Å². The second-order valence-electron chi connectivity index (χ2n) is 7.58. The van der Waals surface area contributed by atoms with Gasteiger partial charge in [-0.3, -0.25) is 4.79 Å². The molecule has 0 radical (unpaired) electrons. The first-order valence-corrected chi connectivity index (χ1v) is 9.32. The number of aromatic nitrogens is 3. The minimum absolute atomic E-state index is 0.205. The maximum Gasteiger partial charge on any atom is 0.226 e. The summed E-state index contributed by atoms with van der Waals surface area (Å²) in [6, 6.07) is 9.91. The van der Waals surface area contributed by atoms with Crippen LogP contribution in [0.2, 0.25) is 0 Å². The molecule has 1 aromatic heterocycles. The summed E-state index contributed by atoms with van der Waals surface area (Å²) in [7, 11) is 0. The van der Waals surface area contributed by atoms with Gasteiger partial charge in [-0.2, -0.15) is 0 Å². The van der Waals surface area contributed by atoms with Crippen molar-refractivity contribution >= 4 is 5.91 Å². The molecular weight excluding hydrogens is 328 g/mol.